The minimum Gasteiger partial charge on any atom is -0.484 e. The number of nitrogens with zero attached hydrogens (tertiary/aromatic N) is 1. The first-order valence-electron chi connectivity index (χ1n) is 10.3. The van der Waals surface area contributed by atoms with Crippen molar-refractivity contribution in [3.05, 3.63) is 59.7 Å². The van der Waals surface area contributed by atoms with Crippen molar-refractivity contribution >= 4 is 17.5 Å². The molecule has 1 aliphatic rings. The standard InChI is InChI=1S/C24H30N2O3/c1-17(2)19-6-10-22(11-7-19)29-16-23(27)25-21-8-4-20(5-9-21)24(28)26-14-12-18(3)13-15-26/h4-11,17-18H,12-16H2,1-3H3,(H,25,27). The first-order valence-corrected chi connectivity index (χ1v) is 10.3. The Bertz CT molecular complexity index is 820. The summed E-state index contributed by atoms with van der Waals surface area (Å²) in [4.78, 5) is 26.6. The Balaban J connectivity index is 1.48. The summed E-state index contributed by atoms with van der Waals surface area (Å²) in [6.07, 6.45) is 2.11. The number of anilines is 1. The molecule has 0 atom stereocenters. The van der Waals surface area contributed by atoms with Gasteiger partial charge < -0.3 is 15.0 Å². The van der Waals surface area contributed by atoms with E-state index < -0.39 is 0 Å². The van der Waals surface area contributed by atoms with E-state index in [1.165, 1.54) is 5.56 Å². The highest BCUT2D eigenvalue weighted by molar-refractivity contribution is 5.96. The van der Waals surface area contributed by atoms with Crippen molar-refractivity contribution in [1.82, 2.24) is 4.90 Å². The molecular formula is C24H30N2O3. The molecular weight excluding hydrogens is 364 g/mol. The molecule has 1 saturated heterocycles. The zero-order valence-corrected chi connectivity index (χ0v) is 17.5. The molecule has 2 aromatic carbocycles. The molecule has 1 heterocycles. The van der Waals surface area contributed by atoms with E-state index in [4.69, 9.17) is 4.74 Å². The Kier molecular flexibility index (Phi) is 6.91. The Labute approximate surface area is 173 Å². The van der Waals surface area contributed by atoms with Crippen LogP contribution in [-0.4, -0.2) is 36.4 Å². The summed E-state index contributed by atoms with van der Waals surface area (Å²) in [6.45, 7) is 8.06. The van der Waals surface area contributed by atoms with E-state index in [-0.39, 0.29) is 18.4 Å². The predicted molar refractivity (Wildman–Crippen MR) is 115 cm³/mol. The SMILES string of the molecule is CC1CCN(C(=O)c2ccc(NC(=O)COc3ccc(C(C)C)cc3)cc2)CC1. The van der Waals surface area contributed by atoms with Gasteiger partial charge in [-0.05, 0) is 66.6 Å². The average molecular weight is 395 g/mol. The van der Waals surface area contributed by atoms with Crippen LogP contribution in [0, 0.1) is 5.92 Å². The van der Waals surface area contributed by atoms with Gasteiger partial charge in [-0.1, -0.05) is 32.9 Å². The van der Waals surface area contributed by atoms with Gasteiger partial charge >= 0.3 is 0 Å². The average Bonchev–Trinajstić information content (AvgIpc) is 2.73. The molecule has 1 fully saturated rings. The summed E-state index contributed by atoms with van der Waals surface area (Å²) in [5.41, 5.74) is 2.53. The lowest BCUT2D eigenvalue weighted by Gasteiger charge is -2.30. The van der Waals surface area contributed by atoms with Crippen molar-refractivity contribution in [3.63, 3.8) is 0 Å². The van der Waals surface area contributed by atoms with Crippen LogP contribution in [0.3, 0.4) is 0 Å². The second-order valence-electron chi connectivity index (χ2n) is 8.11. The normalized spacial score (nSPS) is 14.7. The number of nitrogens with one attached hydrogen (secondary N) is 1. The van der Waals surface area contributed by atoms with Gasteiger partial charge in [-0.2, -0.15) is 0 Å². The largest absolute Gasteiger partial charge is 0.484 e. The maximum absolute atomic E-state index is 12.6. The molecule has 5 nitrogen and oxygen atoms in total. The number of ether oxygens (including phenoxy) is 1. The molecule has 154 valence electrons. The Hall–Kier alpha value is -2.82. The molecule has 5 heteroatoms. The monoisotopic (exact) mass is 394 g/mol. The summed E-state index contributed by atoms with van der Waals surface area (Å²) in [5, 5.41) is 2.80. The fourth-order valence-electron chi connectivity index (χ4n) is 3.39. The first kappa shape index (κ1) is 20.9. The van der Waals surface area contributed by atoms with Crippen molar-refractivity contribution in [1.29, 1.82) is 0 Å². The quantitative estimate of drug-likeness (QED) is 0.773. The maximum atomic E-state index is 12.6. The predicted octanol–water partition coefficient (Wildman–Crippen LogP) is 4.70. The van der Waals surface area contributed by atoms with Crippen molar-refractivity contribution in [2.45, 2.75) is 39.5 Å². The smallest absolute Gasteiger partial charge is 0.262 e. The van der Waals surface area contributed by atoms with Crippen LogP contribution in [0.15, 0.2) is 48.5 Å². The van der Waals surface area contributed by atoms with Gasteiger partial charge in [-0.3, -0.25) is 9.59 Å². The van der Waals surface area contributed by atoms with Gasteiger partial charge in [-0.25, -0.2) is 0 Å². The highest BCUT2D eigenvalue weighted by atomic mass is 16.5. The van der Waals surface area contributed by atoms with Crippen molar-refractivity contribution in [2.24, 2.45) is 5.92 Å². The van der Waals surface area contributed by atoms with Crippen LogP contribution in [0.4, 0.5) is 5.69 Å². The summed E-state index contributed by atoms with van der Waals surface area (Å²) in [5.74, 6) is 1.64. The number of benzene rings is 2. The molecule has 1 aliphatic heterocycles. The Morgan fingerprint density at radius 1 is 1.03 bits per heavy atom. The number of hydrogen-bond acceptors (Lipinski definition) is 3. The van der Waals surface area contributed by atoms with Gasteiger partial charge in [0.25, 0.3) is 11.8 Å². The lowest BCUT2D eigenvalue weighted by Crippen LogP contribution is -2.37. The van der Waals surface area contributed by atoms with Crippen molar-refractivity contribution < 1.29 is 14.3 Å². The molecule has 0 spiro atoms. The maximum Gasteiger partial charge on any atom is 0.262 e. The zero-order chi connectivity index (χ0) is 20.8. The minimum atomic E-state index is -0.234. The molecule has 0 saturated carbocycles. The Morgan fingerprint density at radius 3 is 2.24 bits per heavy atom. The number of amides is 2. The number of carbonyl (C=O) groups excluding carboxylic acids is 2. The number of carbonyl (C=O) groups is 2. The molecule has 0 aliphatic carbocycles. The molecule has 2 aromatic rings. The molecule has 1 N–H and O–H groups in total. The van der Waals surface area contributed by atoms with Crippen molar-refractivity contribution in [3.8, 4) is 5.75 Å². The van der Waals surface area contributed by atoms with Crippen LogP contribution >= 0.6 is 0 Å². The van der Waals surface area contributed by atoms with E-state index >= 15 is 0 Å². The van der Waals surface area contributed by atoms with Crippen LogP contribution in [-0.2, 0) is 4.79 Å². The summed E-state index contributed by atoms with van der Waals surface area (Å²) >= 11 is 0. The zero-order valence-electron chi connectivity index (χ0n) is 17.5. The van der Waals surface area contributed by atoms with Crippen LogP contribution in [0.1, 0.15) is 55.5 Å². The first-order chi connectivity index (χ1) is 13.9. The lowest BCUT2D eigenvalue weighted by atomic mass is 9.98. The highest BCUT2D eigenvalue weighted by Gasteiger charge is 2.21. The van der Waals surface area contributed by atoms with Crippen LogP contribution in [0.25, 0.3) is 0 Å². The van der Waals surface area contributed by atoms with E-state index in [0.717, 1.165) is 25.9 Å². The van der Waals surface area contributed by atoms with Crippen LogP contribution in [0.5, 0.6) is 5.75 Å². The van der Waals surface area contributed by atoms with Gasteiger partial charge in [0, 0.05) is 24.3 Å². The summed E-state index contributed by atoms with van der Waals surface area (Å²) in [7, 11) is 0. The van der Waals surface area contributed by atoms with Gasteiger partial charge in [0.1, 0.15) is 5.75 Å². The minimum absolute atomic E-state index is 0.0583. The van der Waals surface area contributed by atoms with Crippen LogP contribution < -0.4 is 10.1 Å². The third-order valence-corrected chi connectivity index (χ3v) is 5.40. The van der Waals surface area contributed by atoms with E-state index in [2.05, 4.69) is 26.1 Å². The molecule has 0 bridgehead atoms. The number of piperidine rings is 1. The van der Waals surface area contributed by atoms with Gasteiger partial charge in [0.05, 0.1) is 0 Å². The number of hydrogen-bond donors (Lipinski definition) is 1. The third-order valence-electron chi connectivity index (χ3n) is 5.40. The molecule has 0 aromatic heterocycles. The summed E-state index contributed by atoms with van der Waals surface area (Å²) < 4.78 is 5.55. The molecule has 3 rings (SSSR count). The third kappa shape index (κ3) is 5.83. The van der Waals surface area contributed by atoms with Gasteiger partial charge in [0.15, 0.2) is 6.61 Å². The molecule has 29 heavy (non-hydrogen) atoms. The van der Waals surface area contributed by atoms with Gasteiger partial charge in [0.2, 0.25) is 0 Å². The molecule has 0 unspecified atom stereocenters. The second kappa shape index (κ2) is 9.59. The number of likely N-dealkylation sites (tertiary alicyclic amines) is 1. The van der Waals surface area contributed by atoms with E-state index in [1.807, 2.05) is 29.2 Å². The highest BCUT2D eigenvalue weighted by Crippen LogP contribution is 2.20. The second-order valence-corrected chi connectivity index (χ2v) is 8.11. The summed E-state index contributed by atoms with van der Waals surface area (Å²) in [6, 6.07) is 14.8. The van der Waals surface area contributed by atoms with Gasteiger partial charge in [-0.15, -0.1) is 0 Å². The fraction of sp³-hybridized carbons (Fsp3) is 0.417. The van der Waals surface area contributed by atoms with E-state index in [1.54, 1.807) is 24.3 Å². The topological polar surface area (TPSA) is 58.6 Å². The lowest BCUT2D eigenvalue weighted by molar-refractivity contribution is -0.118. The van der Waals surface area contributed by atoms with Crippen molar-refractivity contribution in [2.75, 3.05) is 25.0 Å². The molecule has 0 radical (unpaired) electrons. The van der Waals surface area contributed by atoms with E-state index in [0.29, 0.717) is 28.8 Å². The Morgan fingerprint density at radius 2 is 1.66 bits per heavy atom. The van der Waals surface area contributed by atoms with Crippen LogP contribution in [0.2, 0.25) is 0 Å². The van der Waals surface area contributed by atoms with E-state index in [9.17, 15) is 9.59 Å². The molecule has 2 amide bonds. The number of rotatable bonds is 6. The fourth-order valence-corrected chi connectivity index (χ4v) is 3.39.